The van der Waals surface area contributed by atoms with Crippen LogP contribution in [0.5, 0.6) is 0 Å². The molecule has 0 spiro atoms. The van der Waals surface area contributed by atoms with Crippen molar-refractivity contribution in [2.24, 2.45) is 0 Å². The first kappa shape index (κ1) is 12.2. The van der Waals surface area contributed by atoms with Gasteiger partial charge in [-0.3, -0.25) is 4.79 Å². The summed E-state index contributed by atoms with van der Waals surface area (Å²) >= 11 is 0. The van der Waals surface area contributed by atoms with Crippen molar-refractivity contribution < 1.29 is 14.1 Å². The zero-order valence-electron chi connectivity index (χ0n) is 10.1. The summed E-state index contributed by atoms with van der Waals surface area (Å²) in [5.74, 6) is 0.760. The summed E-state index contributed by atoms with van der Waals surface area (Å²) < 4.78 is 9.74. The predicted octanol–water partition coefficient (Wildman–Crippen LogP) is 0.941. The highest BCUT2D eigenvalue weighted by atomic mass is 16.5. The molecule has 0 saturated heterocycles. The molecule has 18 heavy (non-hydrogen) atoms. The Kier molecular flexibility index (Phi) is 3.61. The maximum absolute atomic E-state index is 11.2. The van der Waals surface area contributed by atoms with Crippen molar-refractivity contribution in [1.82, 2.24) is 20.1 Å². The lowest BCUT2D eigenvalue weighted by molar-refractivity contribution is -0.142. The van der Waals surface area contributed by atoms with Crippen molar-refractivity contribution in [3.63, 3.8) is 0 Å². The van der Waals surface area contributed by atoms with Crippen LogP contribution >= 0.6 is 0 Å². The zero-order chi connectivity index (χ0) is 13.0. The molecule has 2 heterocycles. The second-order valence-electron chi connectivity index (χ2n) is 3.48. The number of esters is 1. The molecule has 94 valence electrons. The normalized spacial score (nSPS) is 10.3. The van der Waals surface area contributed by atoms with Crippen LogP contribution in [0.25, 0.3) is 11.5 Å². The minimum absolute atomic E-state index is 0.0368. The highest BCUT2D eigenvalue weighted by Crippen LogP contribution is 2.12. The second-order valence-corrected chi connectivity index (χ2v) is 3.48. The van der Waals surface area contributed by atoms with Crippen LogP contribution in [-0.4, -0.2) is 32.7 Å². The van der Waals surface area contributed by atoms with E-state index in [0.717, 1.165) is 0 Å². The monoisotopic (exact) mass is 248 g/mol. The Hall–Kier alpha value is -2.31. The van der Waals surface area contributed by atoms with Crippen LogP contribution in [0.15, 0.2) is 16.8 Å². The van der Waals surface area contributed by atoms with Crippen molar-refractivity contribution in [2.45, 2.75) is 20.3 Å². The van der Waals surface area contributed by atoms with E-state index in [-0.39, 0.29) is 12.3 Å². The second kappa shape index (κ2) is 5.35. The van der Waals surface area contributed by atoms with Crippen LogP contribution in [0.4, 0.5) is 0 Å². The summed E-state index contributed by atoms with van der Waals surface area (Å²) in [5, 5.41) is 3.76. The molecule has 0 N–H and O–H groups in total. The van der Waals surface area contributed by atoms with Crippen LogP contribution in [0, 0.1) is 6.92 Å². The number of aromatic nitrogens is 4. The first-order chi connectivity index (χ1) is 8.69. The Labute approximate surface area is 103 Å². The molecule has 0 atom stereocenters. The van der Waals surface area contributed by atoms with Crippen LogP contribution < -0.4 is 0 Å². The number of carbonyl (C=O) groups is 1. The van der Waals surface area contributed by atoms with E-state index in [0.29, 0.717) is 23.9 Å². The number of rotatable bonds is 4. The molecule has 7 nitrogen and oxygen atoms in total. The number of carbonyl (C=O) groups excluding carboxylic acids is 1. The molecular weight excluding hydrogens is 236 g/mol. The van der Waals surface area contributed by atoms with E-state index in [2.05, 4.69) is 20.1 Å². The van der Waals surface area contributed by atoms with Gasteiger partial charge in [0.15, 0.2) is 0 Å². The maximum Gasteiger partial charge on any atom is 0.315 e. The average molecular weight is 248 g/mol. The standard InChI is InChI=1S/C11H12N4O3/c1-3-17-10(16)6-9-14-11(15-18-9)8-4-5-12-7(2)13-8/h4-5H,3,6H2,1-2H3. The lowest BCUT2D eigenvalue weighted by Crippen LogP contribution is -2.07. The lowest BCUT2D eigenvalue weighted by Gasteiger charge is -1.96. The Morgan fingerprint density at radius 1 is 1.44 bits per heavy atom. The number of aryl methyl sites for hydroxylation is 1. The van der Waals surface area contributed by atoms with Gasteiger partial charge in [-0.1, -0.05) is 5.16 Å². The Morgan fingerprint density at radius 2 is 2.28 bits per heavy atom. The molecular formula is C11H12N4O3. The van der Waals surface area contributed by atoms with Gasteiger partial charge in [-0.2, -0.15) is 4.98 Å². The highest BCUT2D eigenvalue weighted by molar-refractivity contribution is 5.71. The molecule has 0 aliphatic heterocycles. The quantitative estimate of drug-likeness (QED) is 0.743. The van der Waals surface area contributed by atoms with E-state index in [4.69, 9.17) is 9.26 Å². The third kappa shape index (κ3) is 2.88. The molecule has 0 aromatic carbocycles. The summed E-state index contributed by atoms with van der Waals surface area (Å²) in [7, 11) is 0. The van der Waals surface area contributed by atoms with Gasteiger partial charge in [0.1, 0.15) is 17.9 Å². The van der Waals surface area contributed by atoms with Crippen molar-refractivity contribution in [1.29, 1.82) is 0 Å². The molecule has 0 bridgehead atoms. The predicted molar refractivity (Wildman–Crippen MR) is 60.4 cm³/mol. The van der Waals surface area contributed by atoms with E-state index < -0.39 is 5.97 Å². The van der Waals surface area contributed by atoms with Gasteiger partial charge in [-0.15, -0.1) is 0 Å². The van der Waals surface area contributed by atoms with Crippen molar-refractivity contribution >= 4 is 5.97 Å². The third-order valence-corrected chi connectivity index (χ3v) is 2.07. The molecule has 0 fully saturated rings. The first-order valence-electron chi connectivity index (χ1n) is 5.47. The van der Waals surface area contributed by atoms with E-state index in [9.17, 15) is 4.79 Å². The van der Waals surface area contributed by atoms with Gasteiger partial charge in [-0.25, -0.2) is 9.97 Å². The number of hydrogen-bond donors (Lipinski definition) is 0. The van der Waals surface area contributed by atoms with Crippen LogP contribution in [0.3, 0.4) is 0 Å². The van der Waals surface area contributed by atoms with Gasteiger partial charge < -0.3 is 9.26 Å². The van der Waals surface area contributed by atoms with Crippen LogP contribution in [-0.2, 0) is 16.0 Å². The summed E-state index contributed by atoms with van der Waals surface area (Å²) in [6.45, 7) is 3.83. The van der Waals surface area contributed by atoms with E-state index in [1.54, 1.807) is 26.1 Å². The van der Waals surface area contributed by atoms with Crippen LogP contribution in [0.2, 0.25) is 0 Å². The molecule has 0 unspecified atom stereocenters. The number of ether oxygens (including phenoxy) is 1. The Balaban J connectivity index is 2.13. The third-order valence-electron chi connectivity index (χ3n) is 2.07. The van der Waals surface area contributed by atoms with Gasteiger partial charge in [0.2, 0.25) is 11.7 Å². The fourth-order valence-corrected chi connectivity index (χ4v) is 1.35. The lowest BCUT2D eigenvalue weighted by atomic mass is 10.4. The SMILES string of the molecule is CCOC(=O)Cc1nc(-c2ccnc(C)n2)no1. The molecule has 0 saturated carbocycles. The topological polar surface area (TPSA) is 91.0 Å². The van der Waals surface area contributed by atoms with Crippen molar-refractivity contribution in [3.05, 3.63) is 24.0 Å². The number of hydrogen-bond acceptors (Lipinski definition) is 7. The van der Waals surface area contributed by atoms with Gasteiger partial charge >= 0.3 is 5.97 Å². The van der Waals surface area contributed by atoms with E-state index in [1.807, 2.05) is 0 Å². The zero-order valence-corrected chi connectivity index (χ0v) is 10.1. The number of nitrogens with zero attached hydrogens (tertiary/aromatic N) is 4. The Bertz CT molecular complexity index is 553. The van der Waals surface area contributed by atoms with Crippen LogP contribution in [0.1, 0.15) is 18.6 Å². The highest BCUT2D eigenvalue weighted by Gasteiger charge is 2.13. The molecule has 0 aliphatic carbocycles. The summed E-state index contributed by atoms with van der Waals surface area (Å²) in [5.41, 5.74) is 0.557. The van der Waals surface area contributed by atoms with Gasteiger partial charge in [0, 0.05) is 6.20 Å². The van der Waals surface area contributed by atoms with Gasteiger partial charge in [0.25, 0.3) is 0 Å². The molecule has 2 aromatic heterocycles. The fourth-order valence-electron chi connectivity index (χ4n) is 1.35. The molecule has 0 radical (unpaired) electrons. The van der Waals surface area contributed by atoms with Crippen molar-refractivity contribution in [3.8, 4) is 11.5 Å². The molecule has 2 aromatic rings. The molecule has 7 heteroatoms. The molecule has 0 amide bonds. The van der Waals surface area contributed by atoms with Crippen molar-refractivity contribution in [2.75, 3.05) is 6.61 Å². The summed E-state index contributed by atoms with van der Waals surface area (Å²) in [4.78, 5) is 23.4. The minimum Gasteiger partial charge on any atom is -0.466 e. The molecule has 0 aliphatic rings. The maximum atomic E-state index is 11.2. The minimum atomic E-state index is -0.397. The summed E-state index contributed by atoms with van der Waals surface area (Å²) in [6, 6.07) is 1.67. The fraction of sp³-hybridized carbons (Fsp3) is 0.364. The largest absolute Gasteiger partial charge is 0.466 e. The van der Waals surface area contributed by atoms with E-state index >= 15 is 0 Å². The van der Waals surface area contributed by atoms with Gasteiger partial charge in [0.05, 0.1) is 6.61 Å². The Morgan fingerprint density at radius 3 is 3.00 bits per heavy atom. The van der Waals surface area contributed by atoms with E-state index in [1.165, 1.54) is 0 Å². The summed E-state index contributed by atoms with van der Waals surface area (Å²) in [6.07, 6.45) is 1.57. The smallest absolute Gasteiger partial charge is 0.315 e. The molecule has 2 rings (SSSR count). The first-order valence-corrected chi connectivity index (χ1v) is 5.47. The average Bonchev–Trinajstić information content (AvgIpc) is 2.78. The van der Waals surface area contributed by atoms with Gasteiger partial charge in [-0.05, 0) is 19.9 Å².